The second kappa shape index (κ2) is 10.4. The van der Waals surface area contributed by atoms with E-state index in [1.165, 1.54) is 18.9 Å². The van der Waals surface area contributed by atoms with Gasteiger partial charge in [0.05, 0.1) is 25.7 Å². The number of carbonyl (C=O) groups is 1. The fraction of sp³-hybridized carbons (Fsp3) is 0.125. The molecule has 7 nitrogen and oxygen atoms in total. The largest absolute Gasteiger partial charge is 0.497 e. The molecule has 1 heterocycles. The van der Waals surface area contributed by atoms with Crippen molar-refractivity contribution in [3.63, 3.8) is 0 Å². The number of para-hydroxylation sites is 1. The minimum absolute atomic E-state index is 0.128. The number of rotatable bonds is 8. The summed E-state index contributed by atoms with van der Waals surface area (Å²) >= 11 is 7.35. The Bertz CT molecular complexity index is 1250. The average molecular weight is 481 g/mol. The van der Waals surface area contributed by atoms with Gasteiger partial charge < -0.3 is 14.8 Å². The van der Waals surface area contributed by atoms with Crippen LogP contribution in [0.2, 0.25) is 5.02 Å². The summed E-state index contributed by atoms with van der Waals surface area (Å²) in [7, 11) is 3.16. The summed E-state index contributed by atoms with van der Waals surface area (Å²) in [5.41, 5.74) is 2.29. The third-order valence-electron chi connectivity index (χ3n) is 4.76. The van der Waals surface area contributed by atoms with Crippen LogP contribution in [-0.2, 0) is 4.79 Å². The van der Waals surface area contributed by atoms with Crippen molar-refractivity contribution >= 4 is 35.0 Å². The van der Waals surface area contributed by atoms with E-state index in [-0.39, 0.29) is 11.7 Å². The van der Waals surface area contributed by atoms with E-state index in [2.05, 4.69) is 15.5 Å². The molecule has 0 atom stereocenters. The molecule has 0 saturated carbocycles. The quantitative estimate of drug-likeness (QED) is 0.343. The molecule has 1 aromatic heterocycles. The molecule has 0 spiro atoms. The first kappa shape index (κ1) is 22.7. The molecule has 0 fully saturated rings. The van der Waals surface area contributed by atoms with Gasteiger partial charge in [-0.1, -0.05) is 41.6 Å². The minimum atomic E-state index is -0.214. The second-order valence-electron chi connectivity index (χ2n) is 6.89. The number of methoxy groups -OCH3 is 2. The number of benzene rings is 3. The van der Waals surface area contributed by atoms with Gasteiger partial charge in [0.2, 0.25) is 5.91 Å². The molecule has 4 aromatic rings. The van der Waals surface area contributed by atoms with Crippen molar-refractivity contribution < 1.29 is 14.3 Å². The molecule has 3 aromatic carbocycles. The maximum Gasteiger partial charge on any atom is 0.234 e. The predicted octanol–water partition coefficient (Wildman–Crippen LogP) is 5.34. The van der Waals surface area contributed by atoms with Crippen molar-refractivity contribution in [1.29, 1.82) is 0 Å². The third kappa shape index (κ3) is 5.30. The fourth-order valence-corrected chi connectivity index (χ4v) is 4.12. The Labute approximate surface area is 200 Å². The summed E-state index contributed by atoms with van der Waals surface area (Å²) in [6.45, 7) is 0. The van der Waals surface area contributed by atoms with E-state index in [1.807, 2.05) is 59.2 Å². The van der Waals surface area contributed by atoms with Crippen molar-refractivity contribution in [2.24, 2.45) is 0 Å². The molecule has 1 amide bonds. The number of nitrogens with zero attached hydrogens (tertiary/aromatic N) is 3. The Kier molecular flexibility index (Phi) is 7.16. The Morgan fingerprint density at radius 2 is 1.76 bits per heavy atom. The number of amides is 1. The number of carbonyl (C=O) groups excluding carboxylic acids is 1. The predicted molar refractivity (Wildman–Crippen MR) is 131 cm³/mol. The number of nitrogens with one attached hydrogen (secondary N) is 1. The second-order valence-corrected chi connectivity index (χ2v) is 8.27. The molecule has 168 valence electrons. The smallest absolute Gasteiger partial charge is 0.234 e. The minimum Gasteiger partial charge on any atom is -0.497 e. The molecule has 9 heteroatoms. The third-order valence-corrected chi connectivity index (χ3v) is 5.93. The molecule has 0 aliphatic heterocycles. The van der Waals surface area contributed by atoms with Crippen LogP contribution in [0.5, 0.6) is 11.5 Å². The Hall–Kier alpha value is -3.49. The first-order chi connectivity index (χ1) is 16.1. The van der Waals surface area contributed by atoms with E-state index >= 15 is 0 Å². The van der Waals surface area contributed by atoms with E-state index in [1.54, 1.807) is 25.3 Å². The van der Waals surface area contributed by atoms with Crippen LogP contribution in [0, 0.1) is 0 Å². The monoisotopic (exact) mass is 480 g/mol. The molecular formula is C24H21ClN4O3S. The van der Waals surface area contributed by atoms with Gasteiger partial charge in [-0.2, -0.15) is 0 Å². The van der Waals surface area contributed by atoms with Crippen LogP contribution >= 0.6 is 23.4 Å². The van der Waals surface area contributed by atoms with Crippen LogP contribution < -0.4 is 14.8 Å². The molecule has 33 heavy (non-hydrogen) atoms. The summed E-state index contributed by atoms with van der Waals surface area (Å²) in [6.07, 6.45) is 0. The lowest BCUT2D eigenvalue weighted by Crippen LogP contribution is -2.15. The van der Waals surface area contributed by atoms with E-state index in [0.29, 0.717) is 27.4 Å². The fourth-order valence-electron chi connectivity index (χ4n) is 3.19. The van der Waals surface area contributed by atoms with Crippen molar-refractivity contribution in [1.82, 2.24) is 14.8 Å². The zero-order chi connectivity index (χ0) is 23.2. The van der Waals surface area contributed by atoms with Crippen LogP contribution in [0.1, 0.15) is 0 Å². The highest BCUT2D eigenvalue weighted by molar-refractivity contribution is 7.99. The van der Waals surface area contributed by atoms with Gasteiger partial charge in [-0.15, -0.1) is 10.2 Å². The summed E-state index contributed by atoms with van der Waals surface area (Å²) in [5.74, 6) is 1.88. The number of thioether (sulfide) groups is 1. The molecular weight excluding hydrogens is 460 g/mol. The lowest BCUT2D eigenvalue weighted by Gasteiger charge is -2.12. The van der Waals surface area contributed by atoms with E-state index < -0.39 is 0 Å². The Morgan fingerprint density at radius 1 is 1.00 bits per heavy atom. The molecule has 0 bridgehead atoms. The molecule has 0 aliphatic carbocycles. The number of aromatic nitrogens is 3. The molecule has 0 aliphatic rings. The number of ether oxygens (including phenoxy) is 2. The van der Waals surface area contributed by atoms with Gasteiger partial charge in [0.25, 0.3) is 0 Å². The van der Waals surface area contributed by atoms with Crippen molar-refractivity contribution in [3.8, 4) is 28.6 Å². The van der Waals surface area contributed by atoms with Crippen molar-refractivity contribution in [3.05, 3.63) is 77.8 Å². The molecule has 1 N–H and O–H groups in total. The van der Waals surface area contributed by atoms with Crippen molar-refractivity contribution in [2.45, 2.75) is 5.16 Å². The van der Waals surface area contributed by atoms with Crippen LogP contribution in [-0.4, -0.2) is 40.6 Å². The zero-order valence-electron chi connectivity index (χ0n) is 18.0. The van der Waals surface area contributed by atoms with E-state index in [4.69, 9.17) is 21.1 Å². The molecule has 0 saturated heterocycles. The Morgan fingerprint density at radius 3 is 2.45 bits per heavy atom. The molecule has 0 radical (unpaired) electrons. The van der Waals surface area contributed by atoms with Gasteiger partial charge in [-0.05, 0) is 54.6 Å². The highest BCUT2D eigenvalue weighted by Crippen LogP contribution is 2.30. The van der Waals surface area contributed by atoms with E-state index in [0.717, 1.165) is 17.0 Å². The average Bonchev–Trinajstić information content (AvgIpc) is 3.27. The lowest BCUT2D eigenvalue weighted by atomic mass is 10.2. The molecule has 0 unspecified atom stereocenters. The maximum atomic E-state index is 12.7. The Balaban J connectivity index is 1.58. The number of hydrogen-bond acceptors (Lipinski definition) is 6. The SMILES string of the molecule is COc1ccc(-c2nnc(SCC(=O)Nc3cc(Cl)ccc3OC)n2-c2ccccc2)cc1. The van der Waals surface area contributed by atoms with Gasteiger partial charge in [-0.25, -0.2) is 0 Å². The number of anilines is 1. The summed E-state index contributed by atoms with van der Waals surface area (Å²) in [4.78, 5) is 12.7. The van der Waals surface area contributed by atoms with Gasteiger partial charge in [-0.3, -0.25) is 9.36 Å². The van der Waals surface area contributed by atoms with Crippen LogP contribution in [0.25, 0.3) is 17.1 Å². The normalized spacial score (nSPS) is 10.6. The highest BCUT2D eigenvalue weighted by atomic mass is 35.5. The zero-order valence-corrected chi connectivity index (χ0v) is 19.6. The lowest BCUT2D eigenvalue weighted by molar-refractivity contribution is -0.113. The number of hydrogen-bond donors (Lipinski definition) is 1. The summed E-state index contributed by atoms with van der Waals surface area (Å²) in [5, 5.41) is 12.7. The molecule has 4 rings (SSSR count). The van der Waals surface area contributed by atoms with Crippen LogP contribution in [0.3, 0.4) is 0 Å². The maximum absolute atomic E-state index is 12.7. The topological polar surface area (TPSA) is 78.3 Å². The standard InChI is InChI=1S/C24H21ClN4O3S/c1-31-19-11-8-16(9-12-19)23-27-28-24(29(23)18-6-4-3-5-7-18)33-15-22(30)26-20-14-17(25)10-13-21(20)32-2/h3-14H,15H2,1-2H3,(H,26,30). The van der Waals surface area contributed by atoms with Crippen LogP contribution in [0.4, 0.5) is 5.69 Å². The van der Waals surface area contributed by atoms with Gasteiger partial charge in [0.15, 0.2) is 11.0 Å². The van der Waals surface area contributed by atoms with E-state index in [9.17, 15) is 4.79 Å². The van der Waals surface area contributed by atoms with Gasteiger partial charge in [0, 0.05) is 16.3 Å². The number of halogens is 1. The first-order valence-corrected chi connectivity index (χ1v) is 11.4. The first-order valence-electron chi connectivity index (χ1n) is 10.0. The highest BCUT2D eigenvalue weighted by Gasteiger charge is 2.18. The van der Waals surface area contributed by atoms with Crippen molar-refractivity contribution in [2.75, 3.05) is 25.3 Å². The van der Waals surface area contributed by atoms with Gasteiger partial charge in [0.1, 0.15) is 11.5 Å². The summed E-state index contributed by atoms with van der Waals surface area (Å²) in [6, 6.07) is 22.4. The van der Waals surface area contributed by atoms with Gasteiger partial charge >= 0.3 is 0 Å². The van der Waals surface area contributed by atoms with Crippen LogP contribution in [0.15, 0.2) is 78.0 Å². The summed E-state index contributed by atoms with van der Waals surface area (Å²) < 4.78 is 12.5.